The number of alkyl halides is 15. The van der Waals surface area contributed by atoms with Crippen LogP contribution in [0.25, 0.3) is 0 Å². The van der Waals surface area contributed by atoms with Crippen molar-refractivity contribution in [1.29, 1.82) is 0 Å². The highest BCUT2D eigenvalue weighted by molar-refractivity contribution is 9.10. The van der Waals surface area contributed by atoms with E-state index in [1.807, 2.05) is 0 Å². The normalized spacial score (nSPS) is 16.5. The third-order valence-electron chi connectivity index (χ3n) is 3.25. The fraction of sp³-hybridized carbons (Fsp3) is 0.538. The van der Waals surface area contributed by atoms with Gasteiger partial charge in [-0.1, -0.05) is 34.8 Å². The van der Waals surface area contributed by atoms with E-state index in [0.717, 1.165) is 0 Å². The highest BCUT2D eigenvalue weighted by Crippen LogP contribution is 2.60. The molecule has 0 spiro atoms. The van der Waals surface area contributed by atoms with Gasteiger partial charge in [-0.2, -0.15) is 48.3 Å². The minimum Gasteiger partial charge on any atom is -0.221 e. The van der Waals surface area contributed by atoms with E-state index in [9.17, 15) is 52.7 Å². The number of hydrogen-bond acceptors (Lipinski definition) is 1. The second kappa shape index (κ2) is 8.45. The molecule has 17 heteroatoms. The van der Waals surface area contributed by atoms with E-state index in [-0.39, 0.29) is 0 Å². The van der Waals surface area contributed by atoms with Gasteiger partial charge in [-0.05, 0) is 39.3 Å². The molecule has 1 aromatic carbocycles. The van der Waals surface area contributed by atoms with Crippen LogP contribution in [0.2, 0.25) is 0 Å². The maximum absolute atomic E-state index is 14.9. The SMILES string of the molecule is FC(F)(F)Sc1[c]c(Br)c(CC(Cl)(Cl)Cl)c(C(F)(C(F)(F)F)C(F)(F)C(F)(F)F)c1. The molecule has 0 aromatic heterocycles. The van der Waals surface area contributed by atoms with Gasteiger partial charge in [0.2, 0.25) is 0 Å². The zero-order valence-corrected chi connectivity index (χ0v) is 17.9. The minimum atomic E-state index is -7.14. The molecule has 1 radical (unpaired) electrons. The van der Waals surface area contributed by atoms with Crippen molar-refractivity contribution < 1.29 is 52.7 Å². The van der Waals surface area contributed by atoms with Crippen LogP contribution in [0.5, 0.6) is 0 Å². The Balaban J connectivity index is 4.06. The molecule has 1 atom stereocenters. The molecular formula is C13H3BrCl3F12S. The first kappa shape index (κ1) is 28.1. The van der Waals surface area contributed by atoms with Gasteiger partial charge in [0.1, 0.15) is 0 Å². The van der Waals surface area contributed by atoms with Crippen LogP contribution >= 0.6 is 62.5 Å². The summed E-state index contributed by atoms with van der Waals surface area (Å²) in [5, 5.41) is 0. The third-order valence-corrected chi connectivity index (χ3v) is 5.00. The van der Waals surface area contributed by atoms with Crippen molar-refractivity contribution in [1.82, 2.24) is 0 Å². The molecule has 0 saturated heterocycles. The van der Waals surface area contributed by atoms with Crippen LogP contribution in [0.1, 0.15) is 11.1 Å². The summed E-state index contributed by atoms with van der Waals surface area (Å²) in [7, 11) is 0. The molecule has 0 saturated carbocycles. The topological polar surface area (TPSA) is 0 Å². The van der Waals surface area contributed by atoms with Crippen LogP contribution in [0.3, 0.4) is 0 Å². The second-order valence-electron chi connectivity index (χ2n) is 5.41. The van der Waals surface area contributed by atoms with Gasteiger partial charge in [-0.25, -0.2) is 4.39 Å². The molecule has 1 aromatic rings. The van der Waals surface area contributed by atoms with Crippen LogP contribution in [0, 0.1) is 6.07 Å². The molecule has 0 aliphatic heterocycles. The summed E-state index contributed by atoms with van der Waals surface area (Å²) >= 11 is 17.1. The van der Waals surface area contributed by atoms with Gasteiger partial charge in [-0.15, -0.1) is 0 Å². The first-order chi connectivity index (χ1) is 12.9. The third kappa shape index (κ3) is 5.90. The summed E-state index contributed by atoms with van der Waals surface area (Å²) in [6, 6.07) is 1.23. The molecule has 0 N–H and O–H groups in total. The summed E-state index contributed by atoms with van der Waals surface area (Å²) in [6.45, 7) is 0. The highest BCUT2D eigenvalue weighted by Gasteiger charge is 2.82. The van der Waals surface area contributed by atoms with E-state index in [4.69, 9.17) is 34.8 Å². The summed E-state index contributed by atoms with van der Waals surface area (Å²) in [6.07, 6.45) is -15.5. The van der Waals surface area contributed by atoms with Gasteiger partial charge in [0, 0.05) is 27.4 Å². The van der Waals surface area contributed by atoms with E-state index in [1.54, 1.807) is 6.07 Å². The van der Waals surface area contributed by atoms with E-state index in [1.165, 1.54) is 0 Å². The number of thioether (sulfide) groups is 1. The number of rotatable bonds is 4. The molecule has 0 aliphatic carbocycles. The van der Waals surface area contributed by atoms with Gasteiger partial charge < -0.3 is 0 Å². The summed E-state index contributed by atoms with van der Waals surface area (Å²) < 4.78 is 155. The molecule has 0 aliphatic rings. The lowest BCUT2D eigenvalue weighted by Crippen LogP contribution is -2.60. The first-order valence-electron chi connectivity index (χ1n) is 6.72. The Labute approximate surface area is 187 Å². The molecule has 1 unspecified atom stereocenters. The molecular weight excluding hydrogens is 602 g/mol. The molecule has 173 valence electrons. The lowest BCUT2D eigenvalue weighted by Gasteiger charge is -2.37. The summed E-state index contributed by atoms with van der Waals surface area (Å²) in [5.41, 5.74) is -15.7. The predicted octanol–water partition coefficient (Wildman–Crippen LogP) is 8.70. The maximum atomic E-state index is 14.9. The van der Waals surface area contributed by atoms with Crippen LogP contribution < -0.4 is 0 Å². The summed E-state index contributed by atoms with van der Waals surface area (Å²) in [5.74, 6) is -7.14. The quantitative estimate of drug-likeness (QED) is 0.188. The Morgan fingerprint density at radius 3 is 1.63 bits per heavy atom. The number of benzene rings is 1. The average Bonchev–Trinajstić information content (AvgIpc) is 2.43. The lowest BCUT2D eigenvalue weighted by atomic mass is 9.84. The van der Waals surface area contributed by atoms with Crippen LogP contribution in [-0.4, -0.2) is 27.6 Å². The van der Waals surface area contributed by atoms with E-state index in [0.29, 0.717) is 0 Å². The molecule has 1 rings (SSSR count). The largest absolute Gasteiger partial charge is 0.457 e. The van der Waals surface area contributed by atoms with Gasteiger partial charge in [-0.3, -0.25) is 0 Å². The van der Waals surface area contributed by atoms with Crippen molar-refractivity contribution >= 4 is 62.5 Å². The van der Waals surface area contributed by atoms with Crippen LogP contribution in [0.4, 0.5) is 52.7 Å². The Morgan fingerprint density at radius 2 is 1.30 bits per heavy atom. The van der Waals surface area contributed by atoms with E-state index in [2.05, 4.69) is 15.9 Å². The van der Waals surface area contributed by atoms with Gasteiger partial charge in [0.05, 0.1) is 0 Å². The smallest absolute Gasteiger partial charge is 0.221 e. The average molecular weight is 605 g/mol. The number of hydrogen-bond donors (Lipinski definition) is 0. The van der Waals surface area contributed by atoms with Crippen molar-refractivity contribution in [2.45, 2.75) is 44.6 Å². The Morgan fingerprint density at radius 1 is 0.833 bits per heavy atom. The van der Waals surface area contributed by atoms with Crippen molar-refractivity contribution in [2.75, 3.05) is 0 Å². The fourth-order valence-corrected chi connectivity index (χ4v) is 3.79. The molecule has 0 fully saturated rings. The zero-order chi connectivity index (χ0) is 24.1. The molecule has 0 amide bonds. The standard InChI is InChI=1S/C13H3BrCl3F12S/c14-7-2-4(30-13(27,28)29)1-6(5(7)3-8(15,16)17)9(18,11(21,22)23)10(19,20)12(24,25)26/h1H,3H2. The predicted molar refractivity (Wildman–Crippen MR) is 88.7 cm³/mol. The Kier molecular flexibility index (Phi) is 7.92. The Bertz CT molecular complexity index is 784. The fourth-order valence-electron chi connectivity index (χ4n) is 2.11. The van der Waals surface area contributed by atoms with Gasteiger partial charge >= 0.3 is 29.5 Å². The minimum absolute atomic E-state index is 0.498. The monoisotopic (exact) mass is 603 g/mol. The second-order valence-corrected chi connectivity index (χ2v) is 9.82. The van der Waals surface area contributed by atoms with Crippen molar-refractivity contribution in [3.05, 3.63) is 27.7 Å². The van der Waals surface area contributed by atoms with Crippen molar-refractivity contribution in [3.63, 3.8) is 0 Å². The van der Waals surface area contributed by atoms with E-state index >= 15 is 0 Å². The molecule has 0 nitrogen and oxygen atoms in total. The summed E-state index contributed by atoms with van der Waals surface area (Å²) in [4.78, 5) is -1.46. The molecule has 0 bridgehead atoms. The number of halogens is 16. The highest BCUT2D eigenvalue weighted by atomic mass is 79.9. The lowest BCUT2D eigenvalue weighted by molar-refractivity contribution is -0.389. The van der Waals surface area contributed by atoms with Crippen LogP contribution in [-0.2, 0) is 12.1 Å². The van der Waals surface area contributed by atoms with Crippen molar-refractivity contribution in [3.8, 4) is 0 Å². The van der Waals surface area contributed by atoms with Gasteiger partial charge in [0.15, 0.2) is 3.79 Å². The van der Waals surface area contributed by atoms with E-state index < -0.39 is 78.0 Å². The maximum Gasteiger partial charge on any atom is 0.457 e. The zero-order valence-electron chi connectivity index (χ0n) is 13.2. The van der Waals surface area contributed by atoms with Crippen molar-refractivity contribution in [2.24, 2.45) is 0 Å². The molecule has 30 heavy (non-hydrogen) atoms. The van der Waals surface area contributed by atoms with Gasteiger partial charge in [0.25, 0.3) is 0 Å². The molecule has 0 heterocycles. The first-order valence-corrected chi connectivity index (χ1v) is 9.46. The Hall–Kier alpha value is 0.0800. The van der Waals surface area contributed by atoms with Crippen LogP contribution in [0.15, 0.2) is 15.4 Å².